The number of carboxylic acids is 1. The third-order valence-electron chi connectivity index (χ3n) is 4.84. The Morgan fingerprint density at radius 1 is 1.08 bits per heavy atom. The summed E-state index contributed by atoms with van der Waals surface area (Å²) < 4.78 is 17.6. The molecule has 4 aromatic rings. The van der Waals surface area contributed by atoms with Crippen LogP contribution in [0.2, 0.25) is 15.1 Å². The van der Waals surface area contributed by atoms with E-state index in [0.29, 0.717) is 42.2 Å². The summed E-state index contributed by atoms with van der Waals surface area (Å²) in [4.78, 5) is 11.9. The molecule has 1 aromatic heterocycles. The number of benzene rings is 3. The number of aromatic nitrogens is 2. The maximum atomic E-state index is 12.0. The van der Waals surface area contributed by atoms with Crippen molar-refractivity contribution in [1.82, 2.24) is 10.2 Å². The molecule has 0 unspecified atom stereocenters. The lowest BCUT2D eigenvalue weighted by Crippen LogP contribution is -2.00. The molecule has 7 nitrogen and oxygen atoms in total. The summed E-state index contributed by atoms with van der Waals surface area (Å²) in [7, 11) is 1.49. The van der Waals surface area contributed by atoms with E-state index < -0.39 is 5.97 Å². The number of hydrogen-bond donors (Lipinski definition) is 1. The summed E-state index contributed by atoms with van der Waals surface area (Å²) in [5.74, 6) is -0.0948. The van der Waals surface area contributed by atoms with Crippen LogP contribution < -0.4 is 9.47 Å². The van der Waals surface area contributed by atoms with Gasteiger partial charge in [0.05, 0.1) is 11.6 Å². The Balaban J connectivity index is 1.55. The van der Waals surface area contributed by atoms with Crippen molar-refractivity contribution in [1.29, 1.82) is 0 Å². The van der Waals surface area contributed by atoms with E-state index in [1.807, 2.05) is 0 Å². The summed E-state index contributed by atoms with van der Waals surface area (Å²) in [5, 5.41) is 19.3. The van der Waals surface area contributed by atoms with E-state index in [4.69, 9.17) is 48.7 Å². The van der Waals surface area contributed by atoms with E-state index in [1.54, 1.807) is 54.6 Å². The highest BCUT2D eigenvalue weighted by molar-refractivity contribution is 9.10. The molecule has 4 rings (SSSR count). The maximum Gasteiger partial charge on any atom is 0.342 e. The normalized spacial score (nSPS) is 11.4. The van der Waals surface area contributed by atoms with Crippen LogP contribution in [0.4, 0.5) is 0 Å². The minimum Gasteiger partial charge on any atom is -0.493 e. The summed E-state index contributed by atoms with van der Waals surface area (Å²) >= 11 is 22.4. The van der Waals surface area contributed by atoms with E-state index in [2.05, 4.69) is 26.1 Å². The van der Waals surface area contributed by atoms with Crippen molar-refractivity contribution in [2.45, 2.75) is 11.8 Å². The number of halogens is 4. The molecular formula is C25H16BrCl3N2O5S. The zero-order valence-electron chi connectivity index (χ0n) is 18.9. The molecule has 0 aliphatic rings. The molecule has 0 bridgehead atoms. The standard InChI is InChI=1S/C25H16BrCl3N2O5S/c1-34-20-9-13(8-18(26)22(20)35-12-15-4-7-17(28)11-19(15)29)10-21(24(32)33)37-25-31-30-23(36-25)14-2-5-16(27)6-3-14/h2-11H,12H2,1H3,(H,32,33)/b21-10-. The Bertz CT molecular complexity index is 1480. The minimum atomic E-state index is -1.16. The molecule has 190 valence electrons. The number of hydrogen-bond acceptors (Lipinski definition) is 7. The Kier molecular flexibility index (Phi) is 9.04. The van der Waals surface area contributed by atoms with Crippen molar-refractivity contribution in [3.8, 4) is 23.0 Å². The Hall–Kier alpha value is -2.69. The lowest BCUT2D eigenvalue weighted by molar-refractivity contribution is -0.131. The van der Waals surface area contributed by atoms with Crippen molar-refractivity contribution < 1.29 is 23.8 Å². The van der Waals surface area contributed by atoms with Crippen LogP contribution in [0.3, 0.4) is 0 Å². The lowest BCUT2D eigenvalue weighted by atomic mass is 10.2. The molecule has 37 heavy (non-hydrogen) atoms. The van der Waals surface area contributed by atoms with Gasteiger partial charge in [0.1, 0.15) is 11.5 Å². The number of nitrogens with zero attached hydrogens (tertiary/aromatic N) is 2. The van der Waals surface area contributed by atoms with E-state index >= 15 is 0 Å². The minimum absolute atomic E-state index is 0.0399. The van der Waals surface area contributed by atoms with Gasteiger partial charge in [-0.25, -0.2) is 4.79 Å². The number of aliphatic carboxylic acids is 1. The van der Waals surface area contributed by atoms with E-state index in [0.717, 1.165) is 17.3 Å². The Morgan fingerprint density at radius 3 is 2.49 bits per heavy atom. The predicted octanol–water partition coefficient (Wildman–Crippen LogP) is 8.26. The summed E-state index contributed by atoms with van der Waals surface area (Å²) in [6, 6.07) is 15.3. The molecule has 3 aromatic carbocycles. The third-order valence-corrected chi connectivity index (χ3v) is 7.12. The molecule has 0 spiro atoms. The van der Waals surface area contributed by atoms with E-state index in [1.165, 1.54) is 13.2 Å². The van der Waals surface area contributed by atoms with E-state index in [-0.39, 0.29) is 22.6 Å². The van der Waals surface area contributed by atoms with Gasteiger partial charge < -0.3 is 19.0 Å². The Morgan fingerprint density at radius 2 is 1.81 bits per heavy atom. The first-order valence-corrected chi connectivity index (χ1v) is 13.1. The van der Waals surface area contributed by atoms with Crippen molar-refractivity contribution in [3.63, 3.8) is 0 Å². The van der Waals surface area contributed by atoms with Crippen LogP contribution in [0.25, 0.3) is 17.5 Å². The highest BCUT2D eigenvalue weighted by Crippen LogP contribution is 2.39. The first kappa shape index (κ1) is 27.3. The van der Waals surface area contributed by atoms with Crippen molar-refractivity contribution >= 4 is 74.5 Å². The van der Waals surface area contributed by atoms with Gasteiger partial charge in [-0.15, -0.1) is 10.2 Å². The number of methoxy groups -OCH3 is 1. The molecule has 0 saturated carbocycles. The molecule has 0 aliphatic carbocycles. The quantitative estimate of drug-likeness (QED) is 0.144. The van der Waals surface area contributed by atoms with Gasteiger partial charge >= 0.3 is 5.97 Å². The smallest absolute Gasteiger partial charge is 0.342 e. The highest BCUT2D eigenvalue weighted by atomic mass is 79.9. The van der Waals surface area contributed by atoms with Gasteiger partial charge in [0.25, 0.3) is 5.22 Å². The van der Waals surface area contributed by atoms with Crippen molar-refractivity contribution in [2.75, 3.05) is 7.11 Å². The van der Waals surface area contributed by atoms with Gasteiger partial charge in [-0.1, -0.05) is 40.9 Å². The van der Waals surface area contributed by atoms with Crippen LogP contribution in [-0.4, -0.2) is 28.4 Å². The predicted molar refractivity (Wildman–Crippen MR) is 148 cm³/mol. The first-order chi connectivity index (χ1) is 17.7. The van der Waals surface area contributed by atoms with Crippen LogP contribution in [0, 0.1) is 0 Å². The number of thioether (sulfide) groups is 1. The summed E-state index contributed by atoms with van der Waals surface area (Å²) in [6.07, 6.45) is 1.46. The molecule has 0 fully saturated rings. The molecule has 1 N–H and O–H groups in total. The summed E-state index contributed by atoms with van der Waals surface area (Å²) in [6.45, 7) is 0.170. The van der Waals surface area contributed by atoms with Crippen molar-refractivity contribution in [3.05, 3.63) is 90.2 Å². The number of carbonyl (C=O) groups is 1. The molecule has 0 saturated heterocycles. The van der Waals surface area contributed by atoms with Crippen LogP contribution in [0.5, 0.6) is 11.5 Å². The zero-order valence-corrected chi connectivity index (χ0v) is 23.5. The van der Waals surface area contributed by atoms with E-state index in [9.17, 15) is 9.90 Å². The highest BCUT2D eigenvalue weighted by Gasteiger charge is 2.18. The molecule has 12 heteroatoms. The second-order valence-corrected chi connectivity index (χ2v) is 10.5. The SMILES string of the molecule is COc1cc(/C=C(\Sc2nnc(-c3ccc(Cl)cc3)o2)C(=O)O)cc(Br)c1OCc1ccc(Cl)cc1Cl. The molecule has 0 atom stereocenters. The van der Waals surface area contributed by atoms with Crippen LogP contribution in [-0.2, 0) is 11.4 Å². The van der Waals surface area contributed by atoms with Gasteiger partial charge in [0.15, 0.2) is 11.5 Å². The zero-order chi connectivity index (χ0) is 26.5. The largest absolute Gasteiger partial charge is 0.493 e. The molecule has 1 heterocycles. The van der Waals surface area contributed by atoms with Crippen molar-refractivity contribution in [2.24, 2.45) is 0 Å². The number of ether oxygens (including phenoxy) is 2. The first-order valence-electron chi connectivity index (χ1n) is 10.4. The van der Waals surface area contributed by atoms with Gasteiger partial charge in [-0.05, 0) is 87.9 Å². The molecule has 0 aliphatic heterocycles. The Labute approximate surface area is 239 Å². The average molecular weight is 643 g/mol. The summed E-state index contributed by atoms with van der Waals surface area (Å²) in [5.41, 5.74) is 1.95. The fourth-order valence-electron chi connectivity index (χ4n) is 3.09. The van der Waals surface area contributed by atoms with Gasteiger partial charge in [0.2, 0.25) is 5.89 Å². The van der Waals surface area contributed by atoms with Gasteiger partial charge in [-0.3, -0.25) is 0 Å². The molecular weight excluding hydrogens is 627 g/mol. The monoisotopic (exact) mass is 640 g/mol. The molecule has 0 amide bonds. The molecule has 0 radical (unpaired) electrons. The lowest BCUT2D eigenvalue weighted by Gasteiger charge is -2.14. The van der Waals surface area contributed by atoms with Gasteiger partial charge in [0, 0.05) is 26.2 Å². The fourth-order valence-corrected chi connectivity index (χ4v) is 4.93. The van der Waals surface area contributed by atoms with Crippen LogP contribution in [0.15, 0.2) is 73.6 Å². The second-order valence-electron chi connectivity index (χ2n) is 7.35. The van der Waals surface area contributed by atoms with Crippen LogP contribution >= 0.6 is 62.5 Å². The van der Waals surface area contributed by atoms with Gasteiger partial charge in [-0.2, -0.15) is 0 Å². The topological polar surface area (TPSA) is 94.7 Å². The number of carboxylic acid groups (broad SMARTS) is 1. The van der Waals surface area contributed by atoms with Crippen LogP contribution in [0.1, 0.15) is 11.1 Å². The third kappa shape index (κ3) is 7.00. The fraction of sp³-hybridized carbons (Fsp3) is 0.0800. The number of rotatable bonds is 9. The average Bonchev–Trinajstić information content (AvgIpc) is 3.32. The maximum absolute atomic E-state index is 12.0. The second kappa shape index (κ2) is 12.2.